The van der Waals surface area contributed by atoms with Crippen molar-refractivity contribution in [3.63, 3.8) is 0 Å². The van der Waals surface area contributed by atoms with Gasteiger partial charge in [-0.3, -0.25) is 0 Å². The number of benzene rings is 1. The fourth-order valence-electron chi connectivity index (χ4n) is 2.73. The van der Waals surface area contributed by atoms with Crippen LogP contribution in [-0.2, 0) is 10.3 Å². The Morgan fingerprint density at radius 1 is 1.35 bits per heavy atom. The van der Waals surface area contributed by atoms with Crippen LogP contribution in [0.4, 0.5) is 0 Å². The van der Waals surface area contributed by atoms with Crippen molar-refractivity contribution in [1.29, 1.82) is 0 Å². The molecular formula is C14H15NO2. The van der Waals surface area contributed by atoms with Gasteiger partial charge in [-0.1, -0.05) is 18.7 Å². The highest BCUT2D eigenvalue weighted by molar-refractivity contribution is 5.95. The first-order chi connectivity index (χ1) is 8.25. The van der Waals surface area contributed by atoms with Crippen LogP contribution in [0.25, 0.3) is 6.08 Å². The summed E-state index contributed by atoms with van der Waals surface area (Å²) in [4.78, 5) is 11.9. The summed E-state index contributed by atoms with van der Waals surface area (Å²) in [5.41, 5.74) is 2.41. The summed E-state index contributed by atoms with van der Waals surface area (Å²) in [6, 6.07) is 5.80. The molecule has 0 atom stereocenters. The van der Waals surface area contributed by atoms with E-state index in [1.807, 2.05) is 18.2 Å². The van der Waals surface area contributed by atoms with E-state index in [2.05, 4.69) is 11.9 Å². The Bertz CT molecular complexity index is 487. The van der Waals surface area contributed by atoms with Crippen molar-refractivity contribution >= 4 is 12.0 Å². The van der Waals surface area contributed by atoms with Gasteiger partial charge in [-0.2, -0.15) is 0 Å². The molecule has 1 spiro atoms. The lowest BCUT2D eigenvalue weighted by Gasteiger charge is -2.33. The van der Waals surface area contributed by atoms with Crippen molar-refractivity contribution in [3.8, 4) is 0 Å². The second kappa shape index (κ2) is 3.70. The Hall–Kier alpha value is -1.61. The van der Waals surface area contributed by atoms with E-state index in [4.69, 9.17) is 4.74 Å². The van der Waals surface area contributed by atoms with E-state index in [1.54, 1.807) is 6.08 Å². The van der Waals surface area contributed by atoms with Gasteiger partial charge in [0.1, 0.15) is 5.60 Å². The molecule has 3 rings (SSSR count). The van der Waals surface area contributed by atoms with Gasteiger partial charge in [0.25, 0.3) is 0 Å². The van der Waals surface area contributed by atoms with Gasteiger partial charge in [-0.15, -0.1) is 0 Å². The third kappa shape index (κ3) is 1.50. The molecule has 0 bridgehead atoms. The quantitative estimate of drug-likeness (QED) is 0.749. The summed E-state index contributed by atoms with van der Waals surface area (Å²) in [7, 11) is 0. The van der Waals surface area contributed by atoms with Crippen molar-refractivity contribution in [2.24, 2.45) is 0 Å². The van der Waals surface area contributed by atoms with Crippen LogP contribution in [0.15, 0.2) is 24.8 Å². The molecular weight excluding hydrogens is 214 g/mol. The normalized spacial score (nSPS) is 21.1. The standard InChI is InChI=1S/C14H15NO2/c1-2-10-3-4-11-12(9-10)14(17-13(11)16)5-7-15-8-6-14/h2-4,9,15H,1,5-8H2. The van der Waals surface area contributed by atoms with Gasteiger partial charge in [-0.25, -0.2) is 4.79 Å². The first-order valence-electron chi connectivity index (χ1n) is 5.96. The number of hydrogen-bond donors (Lipinski definition) is 1. The minimum atomic E-state index is -0.392. The highest BCUT2D eigenvalue weighted by Crippen LogP contribution is 2.43. The molecule has 17 heavy (non-hydrogen) atoms. The fourth-order valence-corrected chi connectivity index (χ4v) is 2.73. The molecule has 0 radical (unpaired) electrons. The molecule has 88 valence electrons. The van der Waals surface area contributed by atoms with Gasteiger partial charge >= 0.3 is 5.97 Å². The number of hydrogen-bond acceptors (Lipinski definition) is 3. The molecule has 1 aromatic rings. The second-order valence-corrected chi connectivity index (χ2v) is 4.64. The van der Waals surface area contributed by atoms with E-state index in [1.165, 1.54) is 0 Å². The number of carbonyl (C=O) groups is 1. The highest BCUT2D eigenvalue weighted by atomic mass is 16.6. The lowest BCUT2D eigenvalue weighted by molar-refractivity contribution is -0.0241. The fraction of sp³-hybridized carbons (Fsp3) is 0.357. The third-order valence-electron chi connectivity index (χ3n) is 3.69. The van der Waals surface area contributed by atoms with Crippen molar-refractivity contribution in [2.75, 3.05) is 13.1 Å². The molecule has 1 N–H and O–H groups in total. The van der Waals surface area contributed by atoms with Gasteiger partial charge in [-0.05, 0) is 30.8 Å². The maximum Gasteiger partial charge on any atom is 0.339 e. The Kier molecular flexibility index (Phi) is 2.30. The largest absolute Gasteiger partial charge is 0.450 e. The molecule has 1 aromatic carbocycles. The zero-order valence-electron chi connectivity index (χ0n) is 9.66. The summed E-state index contributed by atoms with van der Waals surface area (Å²) in [5, 5.41) is 3.30. The molecule has 2 heterocycles. The van der Waals surface area contributed by atoms with Crippen LogP contribution >= 0.6 is 0 Å². The SMILES string of the molecule is C=Cc1ccc2c(c1)C1(CCNCC1)OC2=O. The van der Waals surface area contributed by atoms with E-state index >= 15 is 0 Å². The molecule has 3 heteroatoms. The Balaban J connectivity index is 2.12. The van der Waals surface area contributed by atoms with Crippen molar-refractivity contribution in [1.82, 2.24) is 5.32 Å². The first kappa shape index (κ1) is 10.5. The maximum absolute atomic E-state index is 11.9. The molecule has 0 amide bonds. The number of fused-ring (bicyclic) bond motifs is 2. The molecule has 2 aliphatic rings. The average molecular weight is 229 g/mol. The molecule has 1 saturated heterocycles. The lowest BCUT2D eigenvalue weighted by atomic mass is 9.83. The van der Waals surface area contributed by atoms with Crippen LogP contribution in [0.3, 0.4) is 0 Å². The molecule has 1 fully saturated rings. The van der Waals surface area contributed by atoms with E-state index < -0.39 is 5.60 Å². The second-order valence-electron chi connectivity index (χ2n) is 4.64. The van der Waals surface area contributed by atoms with Gasteiger partial charge in [0.05, 0.1) is 5.56 Å². The lowest BCUT2D eigenvalue weighted by Crippen LogP contribution is -2.40. The van der Waals surface area contributed by atoms with Crippen LogP contribution < -0.4 is 5.32 Å². The summed E-state index contributed by atoms with van der Waals surface area (Å²) in [6.07, 6.45) is 3.51. The zero-order valence-corrected chi connectivity index (χ0v) is 9.66. The summed E-state index contributed by atoms with van der Waals surface area (Å²) in [6.45, 7) is 5.56. The predicted octanol–water partition coefficient (Wildman–Crippen LogP) is 2.08. The van der Waals surface area contributed by atoms with E-state index in [0.29, 0.717) is 0 Å². The topological polar surface area (TPSA) is 38.3 Å². The van der Waals surface area contributed by atoms with Crippen LogP contribution in [0, 0.1) is 0 Å². The summed E-state index contributed by atoms with van der Waals surface area (Å²) >= 11 is 0. The Labute approximate surface area is 100 Å². The Morgan fingerprint density at radius 2 is 2.12 bits per heavy atom. The first-order valence-corrected chi connectivity index (χ1v) is 5.96. The van der Waals surface area contributed by atoms with Crippen molar-refractivity contribution in [2.45, 2.75) is 18.4 Å². The number of esters is 1. The van der Waals surface area contributed by atoms with Gasteiger partial charge < -0.3 is 10.1 Å². The molecule has 2 aliphatic heterocycles. The molecule has 0 saturated carbocycles. The van der Waals surface area contributed by atoms with Gasteiger partial charge in [0, 0.05) is 18.4 Å². The molecule has 3 nitrogen and oxygen atoms in total. The minimum absolute atomic E-state index is 0.183. The number of ether oxygens (including phenoxy) is 1. The minimum Gasteiger partial charge on any atom is -0.450 e. The van der Waals surface area contributed by atoms with Gasteiger partial charge in [0.15, 0.2) is 0 Å². The van der Waals surface area contributed by atoms with E-state index in [9.17, 15) is 4.79 Å². The summed E-state index contributed by atoms with van der Waals surface area (Å²) < 4.78 is 5.65. The molecule has 0 unspecified atom stereocenters. The van der Waals surface area contributed by atoms with E-state index in [-0.39, 0.29) is 5.97 Å². The van der Waals surface area contributed by atoms with E-state index in [0.717, 1.165) is 42.6 Å². The summed E-state index contributed by atoms with van der Waals surface area (Å²) in [5.74, 6) is -0.183. The number of nitrogens with one attached hydrogen (secondary N) is 1. The highest BCUT2D eigenvalue weighted by Gasteiger charge is 2.45. The molecule has 0 aromatic heterocycles. The number of rotatable bonds is 1. The van der Waals surface area contributed by atoms with Crippen LogP contribution in [0.1, 0.15) is 34.3 Å². The maximum atomic E-state index is 11.9. The zero-order chi connectivity index (χ0) is 11.9. The van der Waals surface area contributed by atoms with Crippen molar-refractivity contribution < 1.29 is 9.53 Å². The monoisotopic (exact) mass is 229 g/mol. The third-order valence-corrected chi connectivity index (χ3v) is 3.69. The van der Waals surface area contributed by atoms with Crippen LogP contribution in [-0.4, -0.2) is 19.1 Å². The van der Waals surface area contributed by atoms with Crippen LogP contribution in [0.5, 0.6) is 0 Å². The Morgan fingerprint density at radius 3 is 2.82 bits per heavy atom. The predicted molar refractivity (Wildman–Crippen MR) is 65.7 cm³/mol. The van der Waals surface area contributed by atoms with Crippen molar-refractivity contribution in [3.05, 3.63) is 41.5 Å². The van der Waals surface area contributed by atoms with Gasteiger partial charge in [0.2, 0.25) is 0 Å². The number of carbonyl (C=O) groups excluding carboxylic acids is 1. The molecule has 0 aliphatic carbocycles. The number of piperidine rings is 1. The average Bonchev–Trinajstić information content (AvgIpc) is 2.63. The van der Waals surface area contributed by atoms with Crippen LogP contribution in [0.2, 0.25) is 0 Å². The smallest absolute Gasteiger partial charge is 0.339 e.